The van der Waals surface area contributed by atoms with Crippen molar-refractivity contribution in [2.24, 2.45) is 0 Å². The van der Waals surface area contributed by atoms with Gasteiger partial charge in [-0.25, -0.2) is 8.78 Å². The van der Waals surface area contributed by atoms with Crippen molar-refractivity contribution in [3.05, 3.63) is 35.4 Å². The zero-order valence-corrected chi connectivity index (χ0v) is 8.48. The monoisotopic (exact) mass is 199 g/mol. The molecule has 14 heavy (non-hydrogen) atoms. The quantitative estimate of drug-likeness (QED) is 0.786. The predicted octanol–water partition coefficient (Wildman–Crippen LogP) is 2.91. The van der Waals surface area contributed by atoms with E-state index in [-0.39, 0.29) is 12.0 Å². The van der Waals surface area contributed by atoms with E-state index >= 15 is 0 Å². The molecule has 0 atom stereocenters. The number of alkyl halides is 2. The molecule has 0 aromatic heterocycles. The topological polar surface area (TPSA) is 12.0 Å². The second-order valence-electron chi connectivity index (χ2n) is 3.29. The molecule has 0 aliphatic rings. The molecule has 1 aromatic rings. The average molecular weight is 199 g/mol. The Bertz CT molecular complexity index is 297. The summed E-state index contributed by atoms with van der Waals surface area (Å²) in [5.41, 5.74) is 0.992. The zero-order valence-electron chi connectivity index (χ0n) is 8.48. The van der Waals surface area contributed by atoms with Crippen LogP contribution in [0.15, 0.2) is 24.3 Å². The summed E-state index contributed by atoms with van der Waals surface area (Å²) in [6.07, 6.45) is -0.157. The second-order valence-corrected chi connectivity index (χ2v) is 3.29. The van der Waals surface area contributed by atoms with Crippen molar-refractivity contribution < 1.29 is 8.78 Å². The second kappa shape index (κ2) is 4.51. The third kappa shape index (κ3) is 2.51. The fraction of sp³-hybridized carbons (Fsp3) is 0.455. The van der Waals surface area contributed by atoms with E-state index in [2.05, 4.69) is 5.32 Å². The van der Waals surface area contributed by atoms with Gasteiger partial charge in [0.25, 0.3) is 5.92 Å². The minimum absolute atomic E-state index is 0.104. The van der Waals surface area contributed by atoms with E-state index in [1.807, 2.05) is 6.07 Å². The molecule has 0 aliphatic carbocycles. The summed E-state index contributed by atoms with van der Waals surface area (Å²) >= 11 is 0. The van der Waals surface area contributed by atoms with E-state index in [4.69, 9.17) is 0 Å². The maximum absolute atomic E-state index is 13.3. The van der Waals surface area contributed by atoms with Crippen LogP contribution in [-0.2, 0) is 12.5 Å². The van der Waals surface area contributed by atoms with Crippen LogP contribution in [0.25, 0.3) is 0 Å². The minimum atomic E-state index is -2.70. The molecular weight excluding hydrogens is 184 g/mol. The van der Waals surface area contributed by atoms with Gasteiger partial charge >= 0.3 is 0 Å². The Labute approximate surface area is 83.1 Å². The maximum Gasteiger partial charge on any atom is 0.273 e. The third-order valence-corrected chi connectivity index (χ3v) is 2.17. The summed E-state index contributed by atoms with van der Waals surface area (Å²) in [4.78, 5) is 0. The number of rotatable bonds is 4. The van der Waals surface area contributed by atoms with Gasteiger partial charge in [0, 0.05) is 18.5 Å². The van der Waals surface area contributed by atoms with Gasteiger partial charge in [-0.3, -0.25) is 0 Å². The van der Waals surface area contributed by atoms with Crippen molar-refractivity contribution in [3.63, 3.8) is 0 Å². The molecule has 1 N–H and O–H groups in total. The summed E-state index contributed by atoms with van der Waals surface area (Å²) in [6.45, 7) is 2.11. The van der Waals surface area contributed by atoms with Gasteiger partial charge in [-0.05, 0) is 18.7 Å². The van der Waals surface area contributed by atoms with Crippen molar-refractivity contribution in [2.45, 2.75) is 25.8 Å². The van der Waals surface area contributed by atoms with Crippen LogP contribution in [0.5, 0.6) is 0 Å². The molecule has 1 rings (SSSR count). The van der Waals surface area contributed by atoms with Crippen LogP contribution in [0.3, 0.4) is 0 Å². The summed E-state index contributed by atoms with van der Waals surface area (Å²) < 4.78 is 26.6. The number of nitrogens with one attached hydrogen (secondary N) is 1. The number of hydrogen-bond donors (Lipinski definition) is 1. The Balaban J connectivity index is 2.93. The van der Waals surface area contributed by atoms with Crippen LogP contribution < -0.4 is 5.32 Å². The molecule has 0 unspecified atom stereocenters. The van der Waals surface area contributed by atoms with E-state index in [0.29, 0.717) is 6.54 Å². The van der Waals surface area contributed by atoms with Gasteiger partial charge in [0.1, 0.15) is 0 Å². The van der Waals surface area contributed by atoms with E-state index in [1.165, 1.54) is 13.0 Å². The number of halogens is 2. The van der Waals surface area contributed by atoms with Crippen molar-refractivity contribution >= 4 is 0 Å². The van der Waals surface area contributed by atoms with E-state index in [1.54, 1.807) is 19.2 Å². The fourth-order valence-electron chi connectivity index (χ4n) is 1.32. The Morgan fingerprint density at radius 3 is 2.64 bits per heavy atom. The Hall–Kier alpha value is -0.960. The molecule has 0 spiro atoms. The minimum Gasteiger partial charge on any atom is -0.316 e. The molecule has 0 aliphatic heterocycles. The van der Waals surface area contributed by atoms with Crippen molar-refractivity contribution in [1.29, 1.82) is 0 Å². The van der Waals surface area contributed by atoms with Crippen molar-refractivity contribution in [1.82, 2.24) is 5.32 Å². The highest BCUT2D eigenvalue weighted by Crippen LogP contribution is 2.31. The van der Waals surface area contributed by atoms with Crippen LogP contribution in [0.4, 0.5) is 8.78 Å². The van der Waals surface area contributed by atoms with Crippen molar-refractivity contribution in [2.75, 3.05) is 7.05 Å². The van der Waals surface area contributed by atoms with E-state index in [0.717, 1.165) is 5.56 Å². The first-order valence-corrected chi connectivity index (χ1v) is 4.72. The number of hydrogen-bond acceptors (Lipinski definition) is 1. The highest BCUT2D eigenvalue weighted by Gasteiger charge is 2.28. The van der Waals surface area contributed by atoms with Gasteiger partial charge in [-0.15, -0.1) is 0 Å². The molecule has 0 radical (unpaired) electrons. The van der Waals surface area contributed by atoms with Gasteiger partial charge in [0.2, 0.25) is 0 Å². The molecule has 0 bridgehead atoms. The fourth-order valence-corrected chi connectivity index (χ4v) is 1.32. The first kappa shape index (κ1) is 11.1. The molecule has 3 heteroatoms. The lowest BCUT2D eigenvalue weighted by atomic mass is 10.0. The van der Waals surface area contributed by atoms with Crippen LogP contribution >= 0.6 is 0 Å². The third-order valence-electron chi connectivity index (χ3n) is 2.17. The van der Waals surface area contributed by atoms with Crippen LogP contribution in [0.1, 0.15) is 24.5 Å². The number of benzene rings is 1. The van der Waals surface area contributed by atoms with Crippen LogP contribution in [0, 0.1) is 0 Å². The summed E-state index contributed by atoms with van der Waals surface area (Å²) in [6, 6.07) is 6.54. The molecular formula is C11H15F2N. The summed E-state index contributed by atoms with van der Waals surface area (Å²) in [5.74, 6) is -2.70. The van der Waals surface area contributed by atoms with Gasteiger partial charge in [0.05, 0.1) is 0 Å². The van der Waals surface area contributed by atoms with E-state index < -0.39 is 5.92 Å². The van der Waals surface area contributed by atoms with Crippen LogP contribution in [-0.4, -0.2) is 7.05 Å². The lowest BCUT2D eigenvalue weighted by molar-refractivity contribution is -0.00835. The van der Waals surface area contributed by atoms with Gasteiger partial charge < -0.3 is 5.32 Å². The van der Waals surface area contributed by atoms with Gasteiger partial charge in [-0.1, -0.05) is 25.1 Å². The highest BCUT2D eigenvalue weighted by molar-refractivity contribution is 5.26. The Morgan fingerprint density at radius 2 is 2.07 bits per heavy atom. The standard InChI is InChI=1S/C11H15F2N/c1-3-11(12,13)10-6-4-5-9(7-10)8-14-2/h4-7,14H,3,8H2,1-2H3. The Kier molecular flexibility index (Phi) is 3.58. The normalized spacial score (nSPS) is 11.7. The van der Waals surface area contributed by atoms with Gasteiger partial charge in [0.15, 0.2) is 0 Å². The first-order chi connectivity index (χ1) is 6.60. The van der Waals surface area contributed by atoms with E-state index in [9.17, 15) is 8.78 Å². The molecule has 0 saturated carbocycles. The molecule has 0 saturated heterocycles. The largest absolute Gasteiger partial charge is 0.316 e. The summed E-state index contributed by atoms with van der Waals surface area (Å²) in [7, 11) is 1.80. The molecule has 0 heterocycles. The SMILES string of the molecule is CCC(F)(F)c1cccc(CNC)c1. The summed E-state index contributed by atoms with van der Waals surface area (Å²) in [5, 5.41) is 2.94. The highest BCUT2D eigenvalue weighted by atomic mass is 19.3. The first-order valence-electron chi connectivity index (χ1n) is 4.72. The Morgan fingerprint density at radius 1 is 1.36 bits per heavy atom. The smallest absolute Gasteiger partial charge is 0.273 e. The predicted molar refractivity (Wildman–Crippen MR) is 53.4 cm³/mol. The molecule has 1 nitrogen and oxygen atoms in total. The maximum atomic E-state index is 13.3. The molecule has 0 fully saturated rings. The zero-order chi connectivity index (χ0) is 10.6. The van der Waals surface area contributed by atoms with Crippen molar-refractivity contribution in [3.8, 4) is 0 Å². The molecule has 78 valence electrons. The van der Waals surface area contributed by atoms with Crippen LogP contribution in [0.2, 0.25) is 0 Å². The lowest BCUT2D eigenvalue weighted by Gasteiger charge is -2.15. The lowest BCUT2D eigenvalue weighted by Crippen LogP contribution is -2.13. The molecule has 0 amide bonds. The molecule has 1 aromatic carbocycles. The van der Waals surface area contributed by atoms with Gasteiger partial charge in [-0.2, -0.15) is 0 Å². The average Bonchev–Trinajstić information content (AvgIpc) is 2.19.